The van der Waals surface area contributed by atoms with Crippen molar-refractivity contribution in [2.24, 2.45) is 0 Å². The lowest BCUT2D eigenvalue weighted by Crippen LogP contribution is -2.24. The third kappa shape index (κ3) is 4.37. The van der Waals surface area contributed by atoms with E-state index in [9.17, 15) is 0 Å². The lowest BCUT2D eigenvalue weighted by atomic mass is 10.2. The van der Waals surface area contributed by atoms with E-state index in [1.165, 1.54) is 0 Å². The van der Waals surface area contributed by atoms with Crippen molar-refractivity contribution in [2.45, 2.75) is 32.2 Å². The maximum Gasteiger partial charge on any atom is 0.315 e. The Kier molecular flexibility index (Phi) is 6.18. The van der Waals surface area contributed by atoms with E-state index in [2.05, 4.69) is 22.4 Å². The average molecular weight is 248 g/mol. The van der Waals surface area contributed by atoms with E-state index in [0.717, 1.165) is 12.8 Å². The molecule has 0 saturated heterocycles. The van der Waals surface area contributed by atoms with E-state index in [0.29, 0.717) is 30.8 Å². The first kappa shape index (κ1) is 13.3. The monoisotopic (exact) mass is 247 g/mol. The Morgan fingerprint density at radius 3 is 2.94 bits per heavy atom. The molecule has 1 aromatic heterocycles. The van der Waals surface area contributed by atoms with Gasteiger partial charge in [0.2, 0.25) is 5.89 Å². The van der Waals surface area contributed by atoms with Crippen molar-refractivity contribution in [3.8, 4) is 0 Å². The van der Waals surface area contributed by atoms with Gasteiger partial charge in [0.1, 0.15) is 0 Å². The predicted molar refractivity (Wildman–Crippen MR) is 62.9 cm³/mol. The van der Waals surface area contributed by atoms with Crippen LogP contribution in [-0.2, 0) is 11.2 Å². The second-order valence-electron chi connectivity index (χ2n) is 3.53. The van der Waals surface area contributed by atoms with Crippen molar-refractivity contribution in [3.63, 3.8) is 0 Å². The molecule has 0 aliphatic heterocycles. The highest BCUT2D eigenvalue weighted by Crippen LogP contribution is 2.10. The second-order valence-corrected chi connectivity index (χ2v) is 3.90. The molecule has 16 heavy (non-hydrogen) atoms. The summed E-state index contributed by atoms with van der Waals surface area (Å²) in [6.07, 6.45) is 2.67. The summed E-state index contributed by atoms with van der Waals surface area (Å²) in [6.45, 7) is 2.75. The van der Waals surface area contributed by atoms with Gasteiger partial charge in [-0.05, 0) is 6.42 Å². The van der Waals surface area contributed by atoms with Crippen LogP contribution in [0.25, 0.3) is 0 Å². The Morgan fingerprint density at radius 1 is 1.50 bits per heavy atom. The van der Waals surface area contributed by atoms with Crippen LogP contribution in [0.3, 0.4) is 0 Å². The van der Waals surface area contributed by atoms with Crippen molar-refractivity contribution in [1.82, 2.24) is 10.2 Å². The molecular weight excluding hydrogens is 230 g/mol. The van der Waals surface area contributed by atoms with E-state index < -0.39 is 0 Å². The van der Waals surface area contributed by atoms with Crippen molar-refractivity contribution < 1.29 is 9.15 Å². The quantitative estimate of drug-likeness (QED) is 0.713. The molecule has 92 valence electrons. The van der Waals surface area contributed by atoms with Crippen molar-refractivity contribution >= 4 is 17.6 Å². The third-order valence-electron chi connectivity index (χ3n) is 2.11. The standard InChI is InChI=1S/C10H18ClN3O2/c1-3-4-8(7-15-2)12-10-14-13-9(16-10)5-6-11/h8H,3-7H2,1-2H3,(H,12,14). The lowest BCUT2D eigenvalue weighted by molar-refractivity contribution is 0.181. The molecule has 0 saturated carbocycles. The van der Waals surface area contributed by atoms with Crippen LogP contribution in [0.15, 0.2) is 4.42 Å². The molecule has 0 aromatic carbocycles. The van der Waals surface area contributed by atoms with Crippen molar-refractivity contribution in [3.05, 3.63) is 5.89 Å². The van der Waals surface area contributed by atoms with Gasteiger partial charge in [0.25, 0.3) is 0 Å². The summed E-state index contributed by atoms with van der Waals surface area (Å²) in [7, 11) is 1.68. The van der Waals surface area contributed by atoms with Crippen LogP contribution in [0.1, 0.15) is 25.7 Å². The zero-order valence-corrected chi connectivity index (χ0v) is 10.5. The number of anilines is 1. The van der Waals surface area contributed by atoms with Gasteiger partial charge in [0.05, 0.1) is 12.6 Å². The van der Waals surface area contributed by atoms with Crippen LogP contribution < -0.4 is 5.32 Å². The van der Waals surface area contributed by atoms with Crippen molar-refractivity contribution in [1.29, 1.82) is 0 Å². The fourth-order valence-corrected chi connectivity index (χ4v) is 1.58. The van der Waals surface area contributed by atoms with Gasteiger partial charge in [-0.3, -0.25) is 0 Å². The first-order valence-electron chi connectivity index (χ1n) is 5.44. The SMILES string of the molecule is CCCC(COC)Nc1nnc(CCCl)o1. The Balaban J connectivity index is 2.48. The molecule has 1 heterocycles. The average Bonchev–Trinajstić information content (AvgIpc) is 2.67. The molecule has 1 aromatic rings. The molecule has 1 unspecified atom stereocenters. The van der Waals surface area contributed by atoms with Crippen LogP contribution in [0, 0.1) is 0 Å². The van der Waals surface area contributed by atoms with Gasteiger partial charge in [-0.25, -0.2) is 0 Å². The molecule has 0 bridgehead atoms. The summed E-state index contributed by atoms with van der Waals surface area (Å²) in [4.78, 5) is 0. The molecular formula is C10H18ClN3O2. The molecule has 1 N–H and O–H groups in total. The Labute approximate surface area is 101 Å². The highest BCUT2D eigenvalue weighted by molar-refractivity contribution is 6.17. The number of alkyl halides is 1. The predicted octanol–water partition coefficient (Wildman–Crippen LogP) is 2.08. The van der Waals surface area contributed by atoms with Crippen LogP contribution >= 0.6 is 11.6 Å². The first-order valence-corrected chi connectivity index (χ1v) is 5.97. The maximum absolute atomic E-state index is 5.58. The Hall–Kier alpha value is -0.810. The molecule has 1 rings (SSSR count). The summed E-state index contributed by atoms with van der Waals surface area (Å²) < 4.78 is 10.5. The van der Waals surface area contributed by atoms with Gasteiger partial charge in [-0.15, -0.1) is 16.7 Å². The highest BCUT2D eigenvalue weighted by Gasteiger charge is 2.11. The highest BCUT2D eigenvalue weighted by atomic mass is 35.5. The van der Waals surface area contributed by atoms with E-state index in [1.807, 2.05) is 0 Å². The third-order valence-corrected chi connectivity index (χ3v) is 2.30. The number of hydrogen-bond donors (Lipinski definition) is 1. The summed E-state index contributed by atoms with van der Waals surface area (Å²) in [6, 6.07) is 0.648. The van der Waals surface area contributed by atoms with Crippen molar-refractivity contribution in [2.75, 3.05) is 24.9 Å². The number of halogens is 1. The van der Waals surface area contributed by atoms with E-state index in [-0.39, 0.29) is 6.04 Å². The Bertz CT molecular complexity index is 287. The Morgan fingerprint density at radius 2 is 2.31 bits per heavy atom. The number of nitrogens with zero attached hydrogens (tertiary/aromatic N) is 2. The number of ether oxygens (including phenoxy) is 1. The van der Waals surface area contributed by atoms with Gasteiger partial charge < -0.3 is 14.5 Å². The minimum Gasteiger partial charge on any atom is -0.408 e. The molecule has 5 nitrogen and oxygen atoms in total. The minimum atomic E-state index is 0.208. The summed E-state index contributed by atoms with van der Waals surface area (Å²) in [5.74, 6) is 1.04. The largest absolute Gasteiger partial charge is 0.408 e. The molecule has 0 spiro atoms. The maximum atomic E-state index is 5.58. The number of methoxy groups -OCH3 is 1. The molecule has 0 fully saturated rings. The van der Waals surface area contributed by atoms with Gasteiger partial charge in [0.15, 0.2) is 0 Å². The van der Waals surface area contributed by atoms with E-state index >= 15 is 0 Å². The van der Waals surface area contributed by atoms with Crippen LogP contribution in [0.2, 0.25) is 0 Å². The number of nitrogens with one attached hydrogen (secondary N) is 1. The summed E-state index contributed by atoms with van der Waals surface area (Å²) >= 11 is 5.58. The molecule has 0 aliphatic rings. The summed E-state index contributed by atoms with van der Waals surface area (Å²) in [5, 5.41) is 10.9. The minimum absolute atomic E-state index is 0.208. The second kappa shape index (κ2) is 7.46. The fourth-order valence-electron chi connectivity index (χ4n) is 1.42. The number of aryl methyl sites for hydroxylation is 1. The molecule has 6 heteroatoms. The van der Waals surface area contributed by atoms with Crippen LogP contribution in [-0.4, -0.2) is 35.8 Å². The zero-order valence-electron chi connectivity index (χ0n) is 9.70. The molecule has 0 radical (unpaired) electrons. The summed E-state index contributed by atoms with van der Waals surface area (Å²) in [5.41, 5.74) is 0. The first-order chi connectivity index (χ1) is 7.80. The van der Waals surface area contributed by atoms with E-state index in [1.54, 1.807) is 7.11 Å². The van der Waals surface area contributed by atoms with Gasteiger partial charge in [-0.1, -0.05) is 18.4 Å². The number of aromatic nitrogens is 2. The fraction of sp³-hybridized carbons (Fsp3) is 0.800. The smallest absolute Gasteiger partial charge is 0.315 e. The topological polar surface area (TPSA) is 60.2 Å². The zero-order chi connectivity index (χ0) is 11.8. The lowest BCUT2D eigenvalue weighted by Gasteiger charge is -2.14. The number of rotatable bonds is 8. The van der Waals surface area contributed by atoms with Crippen LogP contribution in [0.4, 0.5) is 6.01 Å². The molecule has 1 atom stereocenters. The molecule has 0 aliphatic carbocycles. The van der Waals surface area contributed by atoms with Gasteiger partial charge in [-0.2, -0.15) is 0 Å². The van der Waals surface area contributed by atoms with Gasteiger partial charge >= 0.3 is 6.01 Å². The van der Waals surface area contributed by atoms with Gasteiger partial charge in [0, 0.05) is 19.4 Å². The van der Waals surface area contributed by atoms with E-state index in [4.69, 9.17) is 20.8 Å². The van der Waals surface area contributed by atoms with Crippen LogP contribution in [0.5, 0.6) is 0 Å². The molecule has 0 amide bonds. The normalized spacial score (nSPS) is 12.7. The number of hydrogen-bond acceptors (Lipinski definition) is 5.